The summed E-state index contributed by atoms with van der Waals surface area (Å²) in [4.78, 5) is 21.6. The molecular weight excluding hydrogens is 621 g/mol. The zero-order chi connectivity index (χ0) is 24.9. The quantitative estimate of drug-likeness (QED) is 0.206. The van der Waals surface area contributed by atoms with E-state index in [4.69, 9.17) is 20.8 Å². The van der Waals surface area contributed by atoms with E-state index in [-0.39, 0.29) is 33.7 Å². The molecule has 3 aromatic heterocycles. The summed E-state index contributed by atoms with van der Waals surface area (Å²) in [6.45, 7) is -1.57. The fourth-order valence-corrected chi connectivity index (χ4v) is 4.64. The molecule has 5 rings (SSSR count). The van der Waals surface area contributed by atoms with Crippen molar-refractivity contribution < 1.29 is 22.3 Å². The largest absolute Gasteiger partial charge is 0.467 e. The zero-order valence-corrected chi connectivity index (χ0v) is 21.0. The van der Waals surface area contributed by atoms with Crippen molar-refractivity contribution in [2.45, 2.75) is 6.18 Å². The monoisotopic (exact) mass is 628 g/mol. The van der Waals surface area contributed by atoms with Crippen molar-refractivity contribution in [2.75, 3.05) is 6.61 Å². The second-order valence-electron chi connectivity index (χ2n) is 7.25. The third-order valence-electron chi connectivity index (χ3n) is 4.87. The standard InChI is InChI=1S/C22H10Br2ClF3N4O3/c23-11-3-4-12-10(6-11)7-13-18(17(12)24)30-20(35-21(13)33)15-8-16(34-9-22(26,27)28)31-32(15)19-14(25)2-1-5-29-19/h1-8H,9H2. The minimum Gasteiger partial charge on any atom is -0.467 e. The normalized spacial score (nSPS) is 11.9. The predicted molar refractivity (Wildman–Crippen MR) is 130 cm³/mol. The van der Waals surface area contributed by atoms with Crippen molar-refractivity contribution in [3.63, 3.8) is 0 Å². The van der Waals surface area contributed by atoms with E-state index < -0.39 is 18.4 Å². The lowest BCUT2D eigenvalue weighted by Gasteiger charge is -2.09. The first-order chi connectivity index (χ1) is 16.6. The molecule has 0 aliphatic rings. The molecule has 0 unspecified atom stereocenters. The smallest absolute Gasteiger partial charge is 0.422 e. The van der Waals surface area contributed by atoms with E-state index in [1.54, 1.807) is 12.1 Å². The molecule has 0 atom stereocenters. The summed E-state index contributed by atoms with van der Waals surface area (Å²) in [5.74, 6) is -0.514. The number of aromatic nitrogens is 4. The number of halogens is 6. The molecule has 13 heteroatoms. The molecule has 0 fully saturated rings. The number of nitrogens with zero attached hydrogens (tertiary/aromatic N) is 4. The second kappa shape index (κ2) is 8.92. The van der Waals surface area contributed by atoms with Crippen LogP contribution in [0.3, 0.4) is 0 Å². The van der Waals surface area contributed by atoms with Crippen molar-refractivity contribution in [1.82, 2.24) is 19.7 Å². The Kier molecular flexibility index (Phi) is 6.06. The molecule has 178 valence electrons. The number of rotatable bonds is 4. The highest BCUT2D eigenvalue weighted by atomic mass is 79.9. The first-order valence-corrected chi connectivity index (χ1v) is 11.7. The fraction of sp³-hybridized carbons (Fsp3) is 0.0909. The highest BCUT2D eigenvalue weighted by Gasteiger charge is 2.30. The number of hydrogen-bond acceptors (Lipinski definition) is 6. The van der Waals surface area contributed by atoms with Gasteiger partial charge >= 0.3 is 11.8 Å². The Morgan fingerprint density at radius 1 is 1.11 bits per heavy atom. The molecule has 7 nitrogen and oxygen atoms in total. The van der Waals surface area contributed by atoms with E-state index in [9.17, 15) is 18.0 Å². The predicted octanol–water partition coefficient (Wildman–Crippen LogP) is 6.71. The molecule has 3 heterocycles. The lowest BCUT2D eigenvalue weighted by atomic mass is 10.1. The van der Waals surface area contributed by atoms with E-state index in [0.717, 1.165) is 19.9 Å². The van der Waals surface area contributed by atoms with Crippen LogP contribution in [0.25, 0.3) is 39.1 Å². The lowest BCUT2D eigenvalue weighted by Crippen LogP contribution is -2.19. The average molecular weight is 631 g/mol. The fourth-order valence-electron chi connectivity index (χ4n) is 3.40. The summed E-state index contributed by atoms with van der Waals surface area (Å²) in [7, 11) is 0. The van der Waals surface area contributed by atoms with E-state index >= 15 is 0 Å². The van der Waals surface area contributed by atoms with Crippen LogP contribution in [-0.4, -0.2) is 32.5 Å². The van der Waals surface area contributed by atoms with Gasteiger partial charge in [0.15, 0.2) is 12.4 Å². The minimum absolute atomic E-state index is 0.0181. The van der Waals surface area contributed by atoms with Gasteiger partial charge in [0.1, 0.15) is 5.69 Å². The van der Waals surface area contributed by atoms with Gasteiger partial charge in [0.05, 0.1) is 20.4 Å². The van der Waals surface area contributed by atoms with Crippen molar-refractivity contribution in [2.24, 2.45) is 0 Å². The summed E-state index contributed by atoms with van der Waals surface area (Å²) in [5, 5.41) is 5.97. The van der Waals surface area contributed by atoms with Crippen LogP contribution < -0.4 is 10.4 Å². The lowest BCUT2D eigenvalue weighted by molar-refractivity contribution is -0.154. The number of hydrogen-bond donors (Lipinski definition) is 0. The van der Waals surface area contributed by atoms with Crippen molar-refractivity contribution in [3.05, 3.63) is 73.0 Å². The van der Waals surface area contributed by atoms with Gasteiger partial charge < -0.3 is 9.15 Å². The van der Waals surface area contributed by atoms with Gasteiger partial charge in [-0.2, -0.15) is 13.2 Å². The Balaban J connectivity index is 1.73. The molecule has 0 aliphatic carbocycles. The maximum Gasteiger partial charge on any atom is 0.422 e. The van der Waals surface area contributed by atoms with Crippen LogP contribution in [0.1, 0.15) is 0 Å². The van der Waals surface area contributed by atoms with Crippen LogP contribution in [0.4, 0.5) is 13.2 Å². The first-order valence-electron chi connectivity index (χ1n) is 9.74. The number of ether oxygens (including phenoxy) is 1. The molecule has 0 amide bonds. The van der Waals surface area contributed by atoms with E-state index in [0.29, 0.717) is 9.99 Å². The summed E-state index contributed by atoms with van der Waals surface area (Å²) < 4.78 is 50.9. The van der Waals surface area contributed by atoms with Crippen LogP contribution in [0, 0.1) is 0 Å². The van der Waals surface area contributed by atoms with Gasteiger partial charge in [-0.3, -0.25) is 0 Å². The van der Waals surface area contributed by atoms with Gasteiger partial charge in [-0.15, -0.1) is 5.10 Å². The number of alkyl halides is 3. The maximum atomic E-state index is 12.9. The molecule has 0 radical (unpaired) electrons. The number of fused-ring (bicyclic) bond motifs is 2. The van der Waals surface area contributed by atoms with Gasteiger partial charge in [-0.05, 0) is 57.0 Å². The van der Waals surface area contributed by atoms with Crippen LogP contribution in [0.2, 0.25) is 5.02 Å². The molecule has 0 N–H and O–H groups in total. The summed E-state index contributed by atoms with van der Waals surface area (Å²) in [6.07, 6.45) is -3.16. The van der Waals surface area contributed by atoms with Gasteiger partial charge in [0, 0.05) is 16.7 Å². The average Bonchev–Trinajstić information content (AvgIpc) is 3.22. The SMILES string of the molecule is O=c1oc(-c2cc(OCC(F)(F)F)nn2-c2ncccc2Cl)nc2c(Br)c3ccc(Br)cc3cc12. The Bertz CT molecular complexity index is 1670. The summed E-state index contributed by atoms with van der Waals surface area (Å²) in [6, 6.07) is 11.4. The van der Waals surface area contributed by atoms with Crippen molar-refractivity contribution in [3.8, 4) is 23.3 Å². The van der Waals surface area contributed by atoms with E-state index in [1.165, 1.54) is 18.3 Å². The number of benzene rings is 2. The zero-order valence-electron chi connectivity index (χ0n) is 17.1. The molecule has 0 saturated heterocycles. The van der Waals surface area contributed by atoms with Gasteiger partial charge in [-0.1, -0.05) is 33.6 Å². The molecule has 0 aliphatic heterocycles. The first kappa shape index (κ1) is 23.8. The van der Waals surface area contributed by atoms with E-state index in [1.807, 2.05) is 18.2 Å². The molecule has 0 saturated carbocycles. The highest BCUT2D eigenvalue weighted by molar-refractivity contribution is 9.11. The Labute approximate surface area is 215 Å². The topological polar surface area (TPSA) is 83.0 Å². The van der Waals surface area contributed by atoms with Gasteiger partial charge in [0.2, 0.25) is 11.8 Å². The molecule has 0 bridgehead atoms. The maximum absolute atomic E-state index is 12.9. The van der Waals surface area contributed by atoms with Crippen LogP contribution >= 0.6 is 43.5 Å². The Hall–Kier alpha value is -2.96. The third kappa shape index (κ3) is 4.65. The molecule has 35 heavy (non-hydrogen) atoms. The van der Waals surface area contributed by atoms with Gasteiger partial charge in [0.25, 0.3) is 0 Å². The molecule has 2 aromatic carbocycles. The number of pyridine rings is 1. The third-order valence-corrected chi connectivity index (χ3v) is 6.46. The minimum atomic E-state index is -4.58. The van der Waals surface area contributed by atoms with E-state index in [2.05, 4.69) is 46.9 Å². The second-order valence-corrected chi connectivity index (χ2v) is 9.37. The van der Waals surface area contributed by atoms with Crippen LogP contribution in [0.15, 0.2) is 66.8 Å². The Morgan fingerprint density at radius 2 is 1.91 bits per heavy atom. The molecular formula is C22H10Br2ClF3N4O3. The Morgan fingerprint density at radius 3 is 2.66 bits per heavy atom. The molecule has 0 spiro atoms. The summed E-state index contributed by atoms with van der Waals surface area (Å²) >= 11 is 13.2. The summed E-state index contributed by atoms with van der Waals surface area (Å²) in [5.41, 5.74) is -0.390. The highest BCUT2D eigenvalue weighted by Crippen LogP contribution is 2.34. The van der Waals surface area contributed by atoms with Crippen LogP contribution in [-0.2, 0) is 0 Å². The van der Waals surface area contributed by atoms with Crippen molar-refractivity contribution >= 4 is 65.1 Å². The van der Waals surface area contributed by atoms with Crippen molar-refractivity contribution in [1.29, 1.82) is 0 Å². The van der Waals surface area contributed by atoms with Crippen LogP contribution in [0.5, 0.6) is 5.88 Å². The van der Waals surface area contributed by atoms with Gasteiger partial charge in [-0.25, -0.2) is 19.4 Å². The molecule has 5 aromatic rings.